The van der Waals surface area contributed by atoms with Gasteiger partial charge in [-0.3, -0.25) is 9.89 Å². The summed E-state index contributed by atoms with van der Waals surface area (Å²) in [5, 5.41) is 15.7. The molecule has 0 radical (unpaired) electrons. The zero-order valence-electron chi connectivity index (χ0n) is 15.3. The molecule has 2 heterocycles. The first-order valence-electron chi connectivity index (χ1n) is 8.51. The molecule has 0 aliphatic rings. The van der Waals surface area contributed by atoms with Crippen molar-refractivity contribution >= 4 is 11.7 Å². The van der Waals surface area contributed by atoms with Crippen LogP contribution in [0.1, 0.15) is 15.9 Å². The summed E-state index contributed by atoms with van der Waals surface area (Å²) >= 11 is 0. The van der Waals surface area contributed by atoms with E-state index in [0.717, 1.165) is 17.1 Å². The Bertz CT molecular complexity index is 926. The topological polar surface area (TPSA) is 88.9 Å². The smallest absolute Gasteiger partial charge is 0.253 e. The first-order valence-corrected chi connectivity index (χ1v) is 8.51. The molecule has 0 aliphatic carbocycles. The maximum absolute atomic E-state index is 12.6. The number of anilines is 1. The third kappa shape index (κ3) is 4.30. The van der Waals surface area contributed by atoms with Crippen molar-refractivity contribution in [2.45, 2.75) is 0 Å². The average Bonchev–Trinajstić information content (AvgIpc) is 3.26. The lowest BCUT2D eigenvalue weighted by Gasteiger charge is -2.23. The molecule has 0 aliphatic heterocycles. The van der Waals surface area contributed by atoms with Gasteiger partial charge >= 0.3 is 0 Å². The van der Waals surface area contributed by atoms with Gasteiger partial charge in [-0.25, -0.2) is 4.98 Å². The fourth-order valence-electron chi connectivity index (χ4n) is 2.62. The Labute approximate surface area is 157 Å². The fourth-order valence-corrected chi connectivity index (χ4v) is 2.62. The van der Waals surface area contributed by atoms with Gasteiger partial charge in [0.2, 0.25) is 0 Å². The molecular weight excluding hydrogens is 340 g/mol. The summed E-state index contributed by atoms with van der Waals surface area (Å²) in [6.45, 7) is 1.19. The lowest BCUT2D eigenvalue weighted by molar-refractivity contribution is 0.0799. The highest BCUT2D eigenvalue weighted by Gasteiger charge is 2.13. The Morgan fingerprint density at radius 3 is 2.48 bits per heavy atom. The van der Waals surface area contributed by atoms with Gasteiger partial charge in [0.1, 0.15) is 11.9 Å². The standard InChI is InChI=1S/C20H20N6O/c1-25(19-8-3-15(13-21)14-22-19)11-12-26(2)20(27)17-6-4-16(5-7-17)18-9-10-23-24-18/h3-10,14H,11-12H2,1-2H3,(H,23,24). The summed E-state index contributed by atoms with van der Waals surface area (Å²) in [6.07, 6.45) is 3.31. The molecule has 3 aromatic rings. The van der Waals surface area contributed by atoms with Gasteiger partial charge in [0.25, 0.3) is 5.91 Å². The van der Waals surface area contributed by atoms with Crippen LogP contribution < -0.4 is 4.90 Å². The van der Waals surface area contributed by atoms with Crippen LogP contribution in [0.5, 0.6) is 0 Å². The van der Waals surface area contributed by atoms with Crippen molar-refractivity contribution in [3.8, 4) is 17.3 Å². The molecule has 0 bridgehead atoms. The Morgan fingerprint density at radius 2 is 1.89 bits per heavy atom. The normalized spacial score (nSPS) is 10.3. The van der Waals surface area contributed by atoms with E-state index in [9.17, 15) is 4.79 Å². The number of nitriles is 1. The Balaban J connectivity index is 1.57. The number of amides is 1. The van der Waals surface area contributed by atoms with E-state index in [1.165, 1.54) is 0 Å². The number of carbonyl (C=O) groups excluding carboxylic acids is 1. The van der Waals surface area contributed by atoms with Crippen molar-refractivity contribution in [3.05, 3.63) is 66.0 Å². The first kappa shape index (κ1) is 18.1. The zero-order chi connectivity index (χ0) is 19.2. The number of hydrogen-bond acceptors (Lipinski definition) is 5. The van der Waals surface area contributed by atoms with E-state index in [4.69, 9.17) is 5.26 Å². The minimum absolute atomic E-state index is 0.0373. The van der Waals surface area contributed by atoms with Crippen molar-refractivity contribution in [3.63, 3.8) is 0 Å². The summed E-state index contributed by atoms with van der Waals surface area (Å²) < 4.78 is 0. The van der Waals surface area contributed by atoms with Gasteiger partial charge in [0, 0.05) is 50.7 Å². The molecule has 136 valence electrons. The third-order valence-electron chi connectivity index (χ3n) is 4.31. The second kappa shape index (κ2) is 8.15. The molecule has 1 N–H and O–H groups in total. The molecule has 7 nitrogen and oxygen atoms in total. The molecule has 1 amide bonds. The molecule has 0 fully saturated rings. The van der Waals surface area contributed by atoms with Gasteiger partial charge in [-0.15, -0.1) is 0 Å². The second-order valence-electron chi connectivity index (χ2n) is 6.20. The maximum Gasteiger partial charge on any atom is 0.253 e. The molecule has 3 rings (SSSR count). The van der Waals surface area contributed by atoms with Crippen LogP contribution >= 0.6 is 0 Å². The minimum Gasteiger partial charge on any atom is -0.358 e. The van der Waals surface area contributed by atoms with Gasteiger partial charge in [0.15, 0.2) is 0 Å². The number of aromatic amines is 1. The van der Waals surface area contributed by atoms with E-state index in [2.05, 4.69) is 15.2 Å². The number of aromatic nitrogens is 3. The Hall–Kier alpha value is -3.66. The van der Waals surface area contributed by atoms with E-state index in [-0.39, 0.29) is 5.91 Å². The number of nitrogens with one attached hydrogen (secondary N) is 1. The summed E-state index contributed by atoms with van der Waals surface area (Å²) in [7, 11) is 3.69. The highest BCUT2D eigenvalue weighted by atomic mass is 16.2. The van der Waals surface area contributed by atoms with Gasteiger partial charge in [-0.1, -0.05) is 12.1 Å². The zero-order valence-corrected chi connectivity index (χ0v) is 15.3. The number of likely N-dealkylation sites (N-methyl/N-ethyl adjacent to an activating group) is 2. The van der Waals surface area contributed by atoms with Gasteiger partial charge in [0.05, 0.1) is 11.3 Å². The van der Waals surface area contributed by atoms with Gasteiger partial charge in [-0.2, -0.15) is 10.4 Å². The number of benzene rings is 1. The fraction of sp³-hybridized carbons (Fsp3) is 0.200. The van der Waals surface area contributed by atoms with Crippen LogP contribution in [-0.4, -0.2) is 53.2 Å². The quantitative estimate of drug-likeness (QED) is 0.730. The van der Waals surface area contributed by atoms with Crippen molar-refractivity contribution in [1.82, 2.24) is 20.1 Å². The van der Waals surface area contributed by atoms with E-state index in [1.807, 2.05) is 48.3 Å². The second-order valence-corrected chi connectivity index (χ2v) is 6.20. The average molecular weight is 360 g/mol. The van der Waals surface area contributed by atoms with Crippen LogP contribution in [0.4, 0.5) is 5.82 Å². The van der Waals surface area contributed by atoms with Crippen LogP contribution in [0.2, 0.25) is 0 Å². The molecule has 1 aromatic carbocycles. The molecular formula is C20H20N6O. The lowest BCUT2D eigenvalue weighted by Crippen LogP contribution is -2.35. The van der Waals surface area contributed by atoms with Crippen LogP contribution in [0.25, 0.3) is 11.3 Å². The number of nitrogens with zero attached hydrogens (tertiary/aromatic N) is 5. The molecule has 0 saturated carbocycles. The number of pyridine rings is 1. The minimum atomic E-state index is -0.0373. The highest BCUT2D eigenvalue weighted by molar-refractivity contribution is 5.94. The third-order valence-corrected chi connectivity index (χ3v) is 4.31. The number of rotatable bonds is 6. The van der Waals surface area contributed by atoms with Gasteiger partial charge < -0.3 is 9.80 Å². The predicted octanol–water partition coefficient (Wildman–Crippen LogP) is 2.55. The largest absolute Gasteiger partial charge is 0.358 e. The van der Waals surface area contributed by atoms with Crippen LogP contribution in [-0.2, 0) is 0 Å². The number of carbonyl (C=O) groups is 1. The molecule has 27 heavy (non-hydrogen) atoms. The molecule has 7 heteroatoms. The van der Waals surface area contributed by atoms with Crippen molar-refractivity contribution < 1.29 is 4.79 Å². The van der Waals surface area contributed by atoms with E-state index < -0.39 is 0 Å². The summed E-state index contributed by atoms with van der Waals surface area (Å²) in [6, 6.07) is 14.9. The van der Waals surface area contributed by atoms with Crippen LogP contribution in [0.3, 0.4) is 0 Å². The summed E-state index contributed by atoms with van der Waals surface area (Å²) in [5.74, 6) is 0.725. The van der Waals surface area contributed by atoms with Crippen LogP contribution in [0, 0.1) is 11.3 Å². The van der Waals surface area contributed by atoms with Crippen molar-refractivity contribution in [2.24, 2.45) is 0 Å². The van der Waals surface area contributed by atoms with Crippen molar-refractivity contribution in [1.29, 1.82) is 5.26 Å². The number of H-pyrrole nitrogens is 1. The highest BCUT2D eigenvalue weighted by Crippen LogP contribution is 2.17. The van der Waals surface area contributed by atoms with E-state index in [0.29, 0.717) is 24.2 Å². The predicted molar refractivity (Wildman–Crippen MR) is 103 cm³/mol. The molecule has 0 saturated heterocycles. The Morgan fingerprint density at radius 1 is 1.11 bits per heavy atom. The molecule has 0 unspecified atom stereocenters. The van der Waals surface area contributed by atoms with Crippen LogP contribution in [0.15, 0.2) is 54.9 Å². The summed E-state index contributed by atoms with van der Waals surface area (Å²) in [4.78, 5) is 20.5. The summed E-state index contributed by atoms with van der Waals surface area (Å²) in [5.41, 5.74) is 2.97. The SMILES string of the molecule is CN(CCN(C)c1ccc(C#N)cn1)C(=O)c1ccc(-c2cc[nH]n2)cc1. The monoisotopic (exact) mass is 360 g/mol. The van der Waals surface area contributed by atoms with E-state index in [1.54, 1.807) is 36.5 Å². The number of hydrogen-bond donors (Lipinski definition) is 1. The lowest BCUT2D eigenvalue weighted by atomic mass is 10.1. The first-order chi connectivity index (χ1) is 13.1. The molecule has 2 aromatic heterocycles. The maximum atomic E-state index is 12.6. The van der Waals surface area contributed by atoms with E-state index >= 15 is 0 Å². The Kier molecular flexibility index (Phi) is 5.47. The van der Waals surface area contributed by atoms with Gasteiger partial charge in [-0.05, 0) is 30.3 Å². The molecule has 0 atom stereocenters. The molecule has 0 spiro atoms. The van der Waals surface area contributed by atoms with Crippen molar-refractivity contribution in [2.75, 3.05) is 32.1 Å².